The molecule has 5 aliphatic carbocycles. The fraction of sp³-hybridized carbons (Fsp3) is 0.733. The van der Waals surface area contributed by atoms with Gasteiger partial charge in [-0.25, -0.2) is 0 Å². The third-order valence-electron chi connectivity index (χ3n) is 8.54. The van der Waals surface area contributed by atoms with Gasteiger partial charge in [-0.15, -0.1) is 0 Å². The second-order valence-corrected chi connectivity index (χ2v) is 11.7. The maximum absolute atomic E-state index is 2.46. The number of hydrogen-bond donors (Lipinski definition) is 0. The fourth-order valence-corrected chi connectivity index (χ4v) is 5.70. The van der Waals surface area contributed by atoms with E-state index in [2.05, 4.69) is 80.5 Å². The molecule has 0 amide bonds. The highest BCUT2D eigenvalue weighted by Gasteiger charge is 2.52. The van der Waals surface area contributed by atoms with Crippen LogP contribution in [0.3, 0.4) is 0 Å². The van der Waals surface area contributed by atoms with Crippen molar-refractivity contribution in [1.82, 2.24) is 0 Å². The van der Waals surface area contributed by atoms with Crippen LogP contribution in [-0.4, -0.2) is 0 Å². The molecule has 3 atom stereocenters. The van der Waals surface area contributed by atoms with E-state index in [0.29, 0.717) is 5.41 Å². The molecule has 0 saturated heterocycles. The van der Waals surface area contributed by atoms with Crippen LogP contribution in [0.5, 0.6) is 0 Å². The minimum atomic E-state index is 0.706. The van der Waals surface area contributed by atoms with Crippen LogP contribution >= 0.6 is 0 Å². The summed E-state index contributed by atoms with van der Waals surface area (Å²) in [5, 5.41) is 0. The lowest BCUT2D eigenvalue weighted by atomic mass is 9.46. The Kier molecular flexibility index (Phi) is 9.26. The van der Waals surface area contributed by atoms with E-state index in [9.17, 15) is 0 Å². The maximum atomic E-state index is 2.46. The van der Waals surface area contributed by atoms with Crippen LogP contribution in [0.1, 0.15) is 114 Å². The molecule has 0 nitrogen and oxygen atoms in total. The van der Waals surface area contributed by atoms with Crippen molar-refractivity contribution < 1.29 is 0 Å². The van der Waals surface area contributed by atoms with Crippen molar-refractivity contribution in [3.05, 3.63) is 46.1 Å². The van der Waals surface area contributed by atoms with Gasteiger partial charge < -0.3 is 0 Å². The predicted octanol–water partition coefficient (Wildman–Crippen LogP) is 9.84. The van der Waals surface area contributed by atoms with E-state index in [0.717, 1.165) is 23.7 Å². The zero-order chi connectivity index (χ0) is 22.5. The van der Waals surface area contributed by atoms with Gasteiger partial charge in [0.25, 0.3) is 0 Å². The molecule has 0 radical (unpaired) electrons. The molecule has 3 saturated carbocycles. The third kappa shape index (κ3) is 6.73. The van der Waals surface area contributed by atoms with Gasteiger partial charge in [0.15, 0.2) is 0 Å². The molecule has 0 spiro atoms. The molecule has 0 aromatic carbocycles. The minimum Gasteiger partial charge on any atom is -0.0815 e. The Morgan fingerprint density at radius 1 is 0.900 bits per heavy atom. The molecule has 3 unspecified atom stereocenters. The molecule has 170 valence electrons. The summed E-state index contributed by atoms with van der Waals surface area (Å²) in [4.78, 5) is 0. The van der Waals surface area contributed by atoms with E-state index < -0.39 is 0 Å². The SMILES string of the molecule is CC1=CCC(=C(C)C)CC1.CC1=CCC(C(C)C)=CC1.CC1CCC2CC1C2(C)C. The number of rotatable bonds is 1. The van der Waals surface area contributed by atoms with Gasteiger partial charge in [0.05, 0.1) is 0 Å². The summed E-state index contributed by atoms with van der Waals surface area (Å²) in [6.07, 6.45) is 17.7. The summed E-state index contributed by atoms with van der Waals surface area (Å²) >= 11 is 0. The summed E-state index contributed by atoms with van der Waals surface area (Å²) in [5.41, 5.74) is 8.55. The average Bonchev–Trinajstić information content (AvgIpc) is 2.69. The van der Waals surface area contributed by atoms with Crippen molar-refractivity contribution in [2.45, 2.75) is 114 Å². The molecule has 2 bridgehead atoms. The van der Waals surface area contributed by atoms with Crippen LogP contribution in [-0.2, 0) is 0 Å². The second kappa shape index (κ2) is 11.0. The Morgan fingerprint density at radius 3 is 1.93 bits per heavy atom. The van der Waals surface area contributed by atoms with Gasteiger partial charge in [-0.1, -0.05) is 87.1 Å². The molecular weight excluding hydrogens is 360 g/mol. The predicted molar refractivity (Wildman–Crippen MR) is 136 cm³/mol. The smallest absolute Gasteiger partial charge is 0.0133 e. The Bertz CT molecular complexity index is 686. The van der Waals surface area contributed by atoms with Gasteiger partial charge >= 0.3 is 0 Å². The normalized spacial score (nSPS) is 29.2. The third-order valence-corrected chi connectivity index (χ3v) is 8.54. The molecule has 3 fully saturated rings. The first kappa shape index (κ1) is 25.2. The van der Waals surface area contributed by atoms with E-state index in [-0.39, 0.29) is 0 Å². The summed E-state index contributed by atoms with van der Waals surface area (Å²) in [6.45, 7) is 20.7. The topological polar surface area (TPSA) is 0 Å². The van der Waals surface area contributed by atoms with Gasteiger partial charge in [0.1, 0.15) is 0 Å². The highest BCUT2D eigenvalue weighted by atomic mass is 14.6. The summed E-state index contributed by atoms with van der Waals surface area (Å²) in [6, 6.07) is 0. The number of fused-ring (bicyclic) bond motifs is 2. The molecule has 0 aromatic heterocycles. The number of allylic oxidation sites excluding steroid dienone is 8. The monoisotopic (exact) mass is 410 g/mol. The molecule has 0 heteroatoms. The van der Waals surface area contributed by atoms with E-state index in [1.54, 1.807) is 16.7 Å². The largest absolute Gasteiger partial charge is 0.0815 e. The van der Waals surface area contributed by atoms with Gasteiger partial charge in [-0.3, -0.25) is 0 Å². The van der Waals surface area contributed by atoms with Crippen LogP contribution in [0.2, 0.25) is 0 Å². The molecule has 0 aromatic rings. The lowest BCUT2D eigenvalue weighted by Crippen LogP contribution is -2.51. The van der Waals surface area contributed by atoms with Gasteiger partial charge in [0, 0.05) is 0 Å². The average molecular weight is 411 g/mol. The van der Waals surface area contributed by atoms with Crippen molar-refractivity contribution in [2.75, 3.05) is 0 Å². The summed E-state index contributed by atoms with van der Waals surface area (Å²) in [5.74, 6) is 3.89. The summed E-state index contributed by atoms with van der Waals surface area (Å²) < 4.78 is 0. The molecule has 5 aliphatic rings. The van der Waals surface area contributed by atoms with E-state index in [4.69, 9.17) is 0 Å². The van der Waals surface area contributed by atoms with Crippen LogP contribution in [0.4, 0.5) is 0 Å². The van der Waals surface area contributed by atoms with Gasteiger partial charge in [0.2, 0.25) is 0 Å². The quantitative estimate of drug-likeness (QED) is 0.377. The Labute approximate surface area is 189 Å². The molecule has 5 rings (SSSR count). The lowest BCUT2D eigenvalue weighted by molar-refractivity contribution is -0.0988. The first-order valence-electron chi connectivity index (χ1n) is 12.7. The van der Waals surface area contributed by atoms with Crippen molar-refractivity contribution in [3.63, 3.8) is 0 Å². The van der Waals surface area contributed by atoms with E-state index in [1.165, 1.54) is 62.5 Å². The zero-order valence-electron chi connectivity index (χ0n) is 21.7. The van der Waals surface area contributed by atoms with Crippen LogP contribution in [0.15, 0.2) is 46.1 Å². The summed E-state index contributed by atoms with van der Waals surface area (Å²) in [7, 11) is 0. The number of hydrogen-bond acceptors (Lipinski definition) is 0. The minimum absolute atomic E-state index is 0.706. The molecule has 0 aliphatic heterocycles. The first-order chi connectivity index (χ1) is 14.0. The van der Waals surface area contributed by atoms with Gasteiger partial charge in [-0.2, -0.15) is 0 Å². The van der Waals surface area contributed by atoms with Crippen molar-refractivity contribution >= 4 is 0 Å². The van der Waals surface area contributed by atoms with Crippen molar-refractivity contribution in [1.29, 1.82) is 0 Å². The second-order valence-electron chi connectivity index (χ2n) is 11.7. The van der Waals surface area contributed by atoms with Crippen LogP contribution in [0.25, 0.3) is 0 Å². The first-order valence-corrected chi connectivity index (χ1v) is 12.7. The van der Waals surface area contributed by atoms with Gasteiger partial charge in [-0.05, 0) is 102 Å². The Morgan fingerprint density at radius 2 is 1.57 bits per heavy atom. The highest BCUT2D eigenvalue weighted by molar-refractivity contribution is 5.22. The molecule has 0 heterocycles. The zero-order valence-corrected chi connectivity index (χ0v) is 21.7. The standard InChI is InChI=1S/C10H18.2C10H16/c1-7-4-5-8-6-9(7)10(8,2)3;2*1-8(2)10-6-4-9(3)5-7-10/h7-9H,4-6H2,1-3H3;4H,5-7H2,1-3H3;4,7-8H,5-6H2,1-3H3. The Balaban J connectivity index is 0.000000160. The highest BCUT2D eigenvalue weighted by Crippen LogP contribution is 2.61. The molecule has 0 N–H and O–H groups in total. The van der Waals surface area contributed by atoms with Crippen molar-refractivity contribution in [2.24, 2.45) is 29.1 Å². The lowest BCUT2D eigenvalue weighted by Gasteiger charge is -2.59. The maximum Gasteiger partial charge on any atom is -0.0133 e. The van der Waals surface area contributed by atoms with E-state index in [1.807, 2.05) is 0 Å². The Hall–Kier alpha value is -1.04. The molecule has 30 heavy (non-hydrogen) atoms. The molecular formula is C30H50. The van der Waals surface area contributed by atoms with E-state index >= 15 is 0 Å². The van der Waals surface area contributed by atoms with Crippen molar-refractivity contribution in [3.8, 4) is 0 Å². The van der Waals surface area contributed by atoms with Crippen LogP contribution in [0, 0.1) is 29.1 Å². The fourth-order valence-electron chi connectivity index (χ4n) is 5.70. The van der Waals surface area contributed by atoms with Crippen LogP contribution < -0.4 is 0 Å².